The fourth-order valence-electron chi connectivity index (χ4n) is 3.84. The molecule has 1 fully saturated rings. The molecule has 1 aromatic rings. The van der Waals surface area contributed by atoms with Crippen LogP contribution in [0.5, 0.6) is 0 Å². The minimum absolute atomic E-state index is 0.163. The largest absolute Gasteiger partial charge is 0.351 e. The Morgan fingerprint density at radius 2 is 2.19 bits per heavy atom. The predicted molar refractivity (Wildman–Crippen MR) is 86.7 cm³/mol. The summed E-state index contributed by atoms with van der Waals surface area (Å²) in [5.74, 6) is 2.00. The SMILES string of the molecule is CCC(C)(CCCl)NC(=O)C1C2CCc3ccccc3C21. The Morgan fingerprint density at radius 3 is 2.90 bits per heavy atom. The van der Waals surface area contributed by atoms with E-state index in [-0.39, 0.29) is 17.4 Å². The Kier molecular flexibility index (Phi) is 4.00. The minimum Gasteiger partial charge on any atom is -0.351 e. The highest BCUT2D eigenvalue weighted by Crippen LogP contribution is 2.59. The van der Waals surface area contributed by atoms with Crippen LogP contribution >= 0.6 is 11.6 Å². The van der Waals surface area contributed by atoms with Gasteiger partial charge in [-0.1, -0.05) is 31.2 Å². The maximum atomic E-state index is 12.7. The fraction of sp³-hybridized carbons (Fsp3) is 0.611. The number of halogens is 1. The van der Waals surface area contributed by atoms with Crippen molar-refractivity contribution in [1.29, 1.82) is 0 Å². The van der Waals surface area contributed by atoms with Gasteiger partial charge in [0.1, 0.15) is 0 Å². The van der Waals surface area contributed by atoms with Crippen molar-refractivity contribution in [2.45, 2.75) is 51.0 Å². The van der Waals surface area contributed by atoms with Crippen LogP contribution in [0.3, 0.4) is 0 Å². The van der Waals surface area contributed by atoms with Crippen LogP contribution in [0.15, 0.2) is 24.3 Å². The van der Waals surface area contributed by atoms with Crippen molar-refractivity contribution < 1.29 is 4.79 Å². The lowest BCUT2D eigenvalue weighted by atomic mass is 9.92. The second-order valence-electron chi connectivity index (χ2n) is 6.80. The van der Waals surface area contributed by atoms with E-state index < -0.39 is 0 Å². The molecule has 2 aliphatic carbocycles. The van der Waals surface area contributed by atoms with E-state index in [2.05, 4.69) is 43.4 Å². The smallest absolute Gasteiger partial charge is 0.224 e. The van der Waals surface area contributed by atoms with Crippen molar-refractivity contribution in [1.82, 2.24) is 5.32 Å². The van der Waals surface area contributed by atoms with Crippen molar-refractivity contribution in [3.8, 4) is 0 Å². The lowest BCUT2D eigenvalue weighted by Gasteiger charge is -2.29. The zero-order chi connectivity index (χ0) is 15.0. The molecule has 0 radical (unpaired) electrons. The number of hydrogen-bond acceptors (Lipinski definition) is 1. The average molecular weight is 306 g/mol. The standard InChI is InChI=1S/C18H24ClNO/c1-3-18(2,10-11-19)20-17(21)16-14-9-8-12-6-4-5-7-13(12)15(14)16/h4-7,14-16H,3,8-11H2,1-2H3,(H,20,21). The lowest BCUT2D eigenvalue weighted by Crippen LogP contribution is -2.46. The van der Waals surface area contributed by atoms with Crippen LogP contribution in [0.2, 0.25) is 0 Å². The summed E-state index contributed by atoms with van der Waals surface area (Å²) in [6, 6.07) is 8.61. The summed E-state index contributed by atoms with van der Waals surface area (Å²) in [4.78, 5) is 12.7. The molecule has 114 valence electrons. The van der Waals surface area contributed by atoms with E-state index in [4.69, 9.17) is 11.6 Å². The number of carbonyl (C=O) groups excluding carboxylic acids is 1. The molecule has 0 aromatic heterocycles. The van der Waals surface area contributed by atoms with E-state index in [9.17, 15) is 4.79 Å². The Balaban J connectivity index is 1.72. The molecule has 0 spiro atoms. The summed E-state index contributed by atoms with van der Waals surface area (Å²) in [6.07, 6.45) is 4.02. The second kappa shape index (κ2) is 5.64. The van der Waals surface area contributed by atoms with Crippen molar-refractivity contribution in [2.24, 2.45) is 11.8 Å². The van der Waals surface area contributed by atoms with Crippen LogP contribution in [-0.2, 0) is 11.2 Å². The first-order chi connectivity index (χ1) is 10.1. The molecule has 0 aliphatic heterocycles. The molecule has 0 bridgehead atoms. The molecule has 1 saturated carbocycles. The molecule has 1 amide bonds. The van der Waals surface area contributed by atoms with Gasteiger partial charge in [-0.25, -0.2) is 0 Å². The van der Waals surface area contributed by atoms with Crippen molar-refractivity contribution >= 4 is 17.5 Å². The molecule has 0 heterocycles. The van der Waals surface area contributed by atoms with Gasteiger partial charge in [0.2, 0.25) is 5.91 Å². The molecule has 21 heavy (non-hydrogen) atoms. The number of fused-ring (bicyclic) bond motifs is 3. The van der Waals surface area contributed by atoms with Gasteiger partial charge in [0, 0.05) is 17.3 Å². The third kappa shape index (κ3) is 2.70. The van der Waals surface area contributed by atoms with Gasteiger partial charge in [0.05, 0.1) is 0 Å². The Morgan fingerprint density at radius 1 is 1.43 bits per heavy atom. The molecule has 4 unspecified atom stereocenters. The van der Waals surface area contributed by atoms with E-state index in [1.165, 1.54) is 11.1 Å². The molecule has 2 nitrogen and oxygen atoms in total. The fourth-order valence-corrected chi connectivity index (χ4v) is 4.26. The van der Waals surface area contributed by atoms with Gasteiger partial charge < -0.3 is 5.32 Å². The number of rotatable bonds is 5. The first-order valence-electron chi connectivity index (χ1n) is 8.05. The third-order valence-electron chi connectivity index (χ3n) is 5.48. The molecule has 3 rings (SSSR count). The summed E-state index contributed by atoms with van der Waals surface area (Å²) in [5, 5.41) is 3.27. The van der Waals surface area contributed by atoms with Gasteiger partial charge in [-0.05, 0) is 55.6 Å². The summed E-state index contributed by atoms with van der Waals surface area (Å²) in [5.41, 5.74) is 2.68. The van der Waals surface area contributed by atoms with Gasteiger partial charge in [-0.2, -0.15) is 0 Å². The van der Waals surface area contributed by atoms with Gasteiger partial charge in [-0.15, -0.1) is 11.6 Å². The Bertz CT molecular complexity index is 544. The quantitative estimate of drug-likeness (QED) is 0.822. The maximum absolute atomic E-state index is 12.7. The van der Waals surface area contributed by atoms with Crippen LogP contribution in [-0.4, -0.2) is 17.3 Å². The Hall–Kier alpha value is -1.02. The van der Waals surface area contributed by atoms with Crippen LogP contribution in [0.1, 0.15) is 50.2 Å². The van der Waals surface area contributed by atoms with E-state index in [1.807, 2.05) is 0 Å². The zero-order valence-corrected chi connectivity index (χ0v) is 13.6. The molecule has 3 heteroatoms. The second-order valence-corrected chi connectivity index (χ2v) is 7.17. The maximum Gasteiger partial charge on any atom is 0.224 e. The normalized spacial score (nSPS) is 29.0. The first kappa shape index (κ1) is 14.9. The zero-order valence-electron chi connectivity index (χ0n) is 12.9. The summed E-state index contributed by atoms with van der Waals surface area (Å²) >= 11 is 5.88. The van der Waals surface area contributed by atoms with Gasteiger partial charge in [-0.3, -0.25) is 4.79 Å². The molecular formula is C18H24ClNO. The van der Waals surface area contributed by atoms with Crippen molar-refractivity contribution in [2.75, 3.05) is 5.88 Å². The predicted octanol–water partition coefficient (Wildman–Crippen LogP) is 3.88. The lowest BCUT2D eigenvalue weighted by molar-refractivity contribution is -0.124. The van der Waals surface area contributed by atoms with Gasteiger partial charge >= 0.3 is 0 Å². The highest BCUT2D eigenvalue weighted by atomic mass is 35.5. The number of benzene rings is 1. The van der Waals surface area contributed by atoms with Crippen LogP contribution in [0, 0.1) is 11.8 Å². The van der Waals surface area contributed by atoms with Gasteiger partial charge in [0.15, 0.2) is 0 Å². The van der Waals surface area contributed by atoms with Gasteiger partial charge in [0.25, 0.3) is 0 Å². The number of aryl methyl sites for hydroxylation is 1. The number of amides is 1. The molecule has 0 saturated heterocycles. The summed E-state index contributed by atoms with van der Waals surface area (Å²) in [6.45, 7) is 4.22. The molecule has 2 aliphatic rings. The van der Waals surface area contributed by atoms with Crippen molar-refractivity contribution in [3.05, 3.63) is 35.4 Å². The van der Waals surface area contributed by atoms with Crippen LogP contribution < -0.4 is 5.32 Å². The van der Waals surface area contributed by atoms with Crippen molar-refractivity contribution in [3.63, 3.8) is 0 Å². The number of alkyl halides is 1. The molecular weight excluding hydrogens is 282 g/mol. The van der Waals surface area contributed by atoms with E-state index >= 15 is 0 Å². The average Bonchev–Trinajstić information content (AvgIpc) is 3.22. The molecule has 1 aromatic carbocycles. The van der Waals surface area contributed by atoms with E-state index in [0.29, 0.717) is 17.7 Å². The summed E-state index contributed by atoms with van der Waals surface area (Å²) in [7, 11) is 0. The first-order valence-corrected chi connectivity index (χ1v) is 8.59. The minimum atomic E-state index is -0.163. The highest BCUT2D eigenvalue weighted by molar-refractivity contribution is 6.17. The van der Waals surface area contributed by atoms with Crippen LogP contribution in [0.4, 0.5) is 0 Å². The molecule has 1 N–H and O–H groups in total. The number of hydrogen-bond donors (Lipinski definition) is 1. The third-order valence-corrected chi connectivity index (χ3v) is 5.67. The van der Waals surface area contributed by atoms with E-state index in [0.717, 1.165) is 25.7 Å². The Labute approximate surface area is 132 Å². The number of nitrogens with one attached hydrogen (secondary N) is 1. The van der Waals surface area contributed by atoms with Crippen LogP contribution in [0.25, 0.3) is 0 Å². The topological polar surface area (TPSA) is 29.1 Å². The highest BCUT2D eigenvalue weighted by Gasteiger charge is 2.57. The number of carbonyl (C=O) groups is 1. The molecule has 4 atom stereocenters. The monoisotopic (exact) mass is 305 g/mol. The van der Waals surface area contributed by atoms with E-state index in [1.54, 1.807) is 0 Å². The summed E-state index contributed by atoms with van der Waals surface area (Å²) < 4.78 is 0.